The first-order valence-electron chi connectivity index (χ1n) is 5.36. The van der Waals surface area contributed by atoms with Crippen LogP contribution >= 0.6 is 15.9 Å². The van der Waals surface area contributed by atoms with Crippen LogP contribution in [0, 0.1) is 5.92 Å². The van der Waals surface area contributed by atoms with Gasteiger partial charge in [-0.2, -0.15) is 0 Å². The molecule has 1 aliphatic carbocycles. The van der Waals surface area contributed by atoms with E-state index in [1.165, 1.54) is 12.8 Å². The van der Waals surface area contributed by atoms with Gasteiger partial charge in [-0.15, -0.1) is 0 Å². The summed E-state index contributed by atoms with van der Waals surface area (Å²) >= 11 is 3.33. The second-order valence-electron chi connectivity index (χ2n) is 3.98. The second-order valence-corrected chi connectivity index (χ2v) is 4.83. The summed E-state index contributed by atoms with van der Waals surface area (Å²) in [5, 5.41) is 5.96. The van der Waals surface area contributed by atoms with Gasteiger partial charge in [0.15, 0.2) is 0 Å². The number of carbonyl (C=O) groups is 1. The third-order valence-electron chi connectivity index (χ3n) is 2.46. The van der Waals surface area contributed by atoms with Gasteiger partial charge in [0, 0.05) is 12.4 Å². The minimum atomic E-state index is -0.0208. The zero-order valence-corrected chi connectivity index (χ0v) is 10.5. The van der Waals surface area contributed by atoms with Gasteiger partial charge in [-0.05, 0) is 47.3 Å². The highest BCUT2D eigenvalue weighted by Gasteiger charge is 2.20. The average Bonchev–Trinajstić information content (AvgIpc) is 3.05. The van der Waals surface area contributed by atoms with Crippen LogP contribution in [0.15, 0.2) is 22.9 Å². The summed E-state index contributed by atoms with van der Waals surface area (Å²) in [4.78, 5) is 15.5. The molecule has 1 amide bonds. The molecule has 0 aliphatic heterocycles. The first-order chi connectivity index (χ1) is 7.75. The Balaban J connectivity index is 1.75. The molecule has 1 fully saturated rings. The van der Waals surface area contributed by atoms with Crippen molar-refractivity contribution in [1.82, 2.24) is 10.3 Å². The number of aromatic nitrogens is 1. The predicted molar refractivity (Wildman–Crippen MR) is 66.2 cm³/mol. The standard InChI is InChI=1S/C11H14BrN3O/c12-9-6-13-4-3-10(9)15-11(16)7-14-5-8-1-2-8/h3-4,6,8,14H,1-2,5,7H2,(H,13,15,16). The van der Waals surface area contributed by atoms with Crippen molar-refractivity contribution in [2.75, 3.05) is 18.4 Å². The van der Waals surface area contributed by atoms with Gasteiger partial charge >= 0.3 is 0 Å². The molecule has 4 nitrogen and oxygen atoms in total. The highest BCUT2D eigenvalue weighted by atomic mass is 79.9. The van der Waals surface area contributed by atoms with Gasteiger partial charge in [-0.1, -0.05) is 0 Å². The van der Waals surface area contributed by atoms with E-state index in [-0.39, 0.29) is 5.91 Å². The summed E-state index contributed by atoms with van der Waals surface area (Å²) < 4.78 is 0.797. The van der Waals surface area contributed by atoms with Crippen LogP contribution in [-0.4, -0.2) is 24.0 Å². The lowest BCUT2D eigenvalue weighted by Gasteiger charge is -2.07. The Morgan fingerprint density at radius 3 is 3.06 bits per heavy atom. The van der Waals surface area contributed by atoms with Gasteiger partial charge < -0.3 is 10.6 Å². The molecule has 0 saturated heterocycles. The van der Waals surface area contributed by atoms with Crippen molar-refractivity contribution >= 4 is 27.5 Å². The molecule has 5 heteroatoms. The normalized spacial score (nSPS) is 14.8. The van der Waals surface area contributed by atoms with Gasteiger partial charge in [0.1, 0.15) is 0 Å². The Morgan fingerprint density at radius 2 is 2.38 bits per heavy atom. The van der Waals surface area contributed by atoms with E-state index in [4.69, 9.17) is 0 Å². The summed E-state index contributed by atoms with van der Waals surface area (Å²) in [6, 6.07) is 1.77. The monoisotopic (exact) mass is 283 g/mol. The van der Waals surface area contributed by atoms with Gasteiger partial charge in [0.25, 0.3) is 0 Å². The van der Waals surface area contributed by atoms with E-state index in [2.05, 4.69) is 31.5 Å². The fraction of sp³-hybridized carbons (Fsp3) is 0.455. The molecule has 1 aromatic rings. The summed E-state index contributed by atoms with van der Waals surface area (Å²) in [6.45, 7) is 1.32. The number of halogens is 1. The maximum absolute atomic E-state index is 11.6. The molecule has 0 atom stereocenters. The molecular weight excluding hydrogens is 270 g/mol. The van der Waals surface area contributed by atoms with E-state index >= 15 is 0 Å². The summed E-state index contributed by atoms with van der Waals surface area (Å²) in [5.74, 6) is 0.771. The molecule has 1 aliphatic rings. The Hall–Kier alpha value is -0.940. The van der Waals surface area contributed by atoms with Crippen LogP contribution in [-0.2, 0) is 4.79 Å². The van der Waals surface area contributed by atoms with Crippen LogP contribution in [0.2, 0.25) is 0 Å². The third kappa shape index (κ3) is 3.57. The molecule has 0 unspecified atom stereocenters. The number of hydrogen-bond acceptors (Lipinski definition) is 3. The molecular formula is C11H14BrN3O. The van der Waals surface area contributed by atoms with Gasteiger partial charge in [0.05, 0.1) is 16.7 Å². The van der Waals surface area contributed by atoms with Crippen molar-refractivity contribution < 1.29 is 4.79 Å². The Labute approximate surface area is 103 Å². The minimum Gasteiger partial charge on any atom is -0.324 e. The van der Waals surface area contributed by atoms with Crippen molar-refractivity contribution in [1.29, 1.82) is 0 Å². The number of pyridine rings is 1. The van der Waals surface area contributed by atoms with E-state index in [0.717, 1.165) is 22.6 Å². The number of rotatable bonds is 5. The Morgan fingerprint density at radius 1 is 1.56 bits per heavy atom. The molecule has 1 heterocycles. The molecule has 2 N–H and O–H groups in total. The molecule has 16 heavy (non-hydrogen) atoms. The van der Waals surface area contributed by atoms with E-state index < -0.39 is 0 Å². The van der Waals surface area contributed by atoms with Crippen LogP contribution in [0.5, 0.6) is 0 Å². The molecule has 0 spiro atoms. The highest BCUT2D eigenvalue weighted by molar-refractivity contribution is 9.10. The number of nitrogens with one attached hydrogen (secondary N) is 2. The van der Waals surface area contributed by atoms with Crippen molar-refractivity contribution in [2.45, 2.75) is 12.8 Å². The smallest absolute Gasteiger partial charge is 0.238 e. The number of anilines is 1. The van der Waals surface area contributed by atoms with Crippen LogP contribution in [0.4, 0.5) is 5.69 Å². The molecule has 0 radical (unpaired) electrons. The fourth-order valence-corrected chi connectivity index (χ4v) is 1.73. The number of nitrogens with zero attached hydrogens (tertiary/aromatic N) is 1. The van der Waals surface area contributed by atoms with Crippen molar-refractivity contribution in [2.24, 2.45) is 5.92 Å². The van der Waals surface area contributed by atoms with Crippen molar-refractivity contribution in [3.05, 3.63) is 22.9 Å². The first kappa shape index (κ1) is 11.5. The summed E-state index contributed by atoms with van der Waals surface area (Å²) in [6.07, 6.45) is 5.90. The second kappa shape index (κ2) is 5.41. The maximum atomic E-state index is 11.6. The zero-order valence-electron chi connectivity index (χ0n) is 8.87. The van der Waals surface area contributed by atoms with Crippen LogP contribution in [0.1, 0.15) is 12.8 Å². The third-order valence-corrected chi connectivity index (χ3v) is 3.09. The first-order valence-corrected chi connectivity index (χ1v) is 6.15. The SMILES string of the molecule is O=C(CNCC1CC1)Nc1ccncc1Br. The Kier molecular flexibility index (Phi) is 3.90. The van der Waals surface area contributed by atoms with E-state index in [0.29, 0.717) is 6.54 Å². The summed E-state index contributed by atoms with van der Waals surface area (Å²) in [7, 11) is 0. The molecule has 2 rings (SSSR count). The molecule has 86 valence electrons. The van der Waals surface area contributed by atoms with Crippen LogP contribution in [0.3, 0.4) is 0 Å². The van der Waals surface area contributed by atoms with Crippen LogP contribution < -0.4 is 10.6 Å². The maximum Gasteiger partial charge on any atom is 0.238 e. The predicted octanol–water partition coefficient (Wildman–Crippen LogP) is 1.78. The average molecular weight is 284 g/mol. The minimum absolute atomic E-state index is 0.0208. The lowest BCUT2D eigenvalue weighted by atomic mass is 10.4. The molecule has 0 aromatic carbocycles. The molecule has 1 aromatic heterocycles. The molecule has 1 saturated carbocycles. The lowest BCUT2D eigenvalue weighted by Crippen LogP contribution is -2.29. The lowest BCUT2D eigenvalue weighted by molar-refractivity contribution is -0.115. The number of carbonyl (C=O) groups excluding carboxylic acids is 1. The number of hydrogen-bond donors (Lipinski definition) is 2. The number of amides is 1. The largest absolute Gasteiger partial charge is 0.324 e. The van der Waals surface area contributed by atoms with Gasteiger partial charge in [-0.25, -0.2) is 0 Å². The quantitative estimate of drug-likeness (QED) is 0.866. The summed E-state index contributed by atoms with van der Waals surface area (Å²) in [5.41, 5.74) is 0.758. The van der Waals surface area contributed by atoms with Gasteiger partial charge in [0.2, 0.25) is 5.91 Å². The fourth-order valence-electron chi connectivity index (χ4n) is 1.38. The topological polar surface area (TPSA) is 54.0 Å². The van der Waals surface area contributed by atoms with Gasteiger partial charge in [-0.3, -0.25) is 9.78 Å². The van der Waals surface area contributed by atoms with Crippen molar-refractivity contribution in [3.63, 3.8) is 0 Å². The van der Waals surface area contributed by atoms with Crippen LogP contribution in [0.25, 0.3) is 0 Å². The highest BCUT2D eigenvalue weighted by Crippen LogP contribution is 2.27. The molecule has 0 bridgehead atoms. The van der Waals surface area contributed by atoms with E-state index in [1.807, 2.05) is 0 Å². The zero-order chi connectivity index (χ0) is 11.4. The van der Waals surface area contributed by atoms with Crippen molar-refractivity contribution in [3.8, 4) is 0 Å². The Bertz CT molecular complexity index is 379. The van der Waals surface area contributed by atoms with E-state index in [1.54, 1.807) is 18.5 Å². The van der Waals surface area contributed by atoms with E-state index in [9.17, 15) is 4.79 Å².